The molecule has 0 radical (unpaired) electrons. The lowest BCUT2D eigenvalue weighted by Crippen LogP contribution is -2.65. The number of carbonyl (C=O) groups excluding carboxylic acids is 1. The van der Waals surface area contributed by atoms with Gasteiger partial charge < -0.3 is 10.2 Å². The Morgan fingerprint density at radius 1 is 1.03 bits per heavy atom. The topological polar surface area (TPSA) is 74.6 Å². The number of rotatable bonds is 5. The molecule has 36 heavy (non-hydrogen) atoms. The van der Waals surface area contributed by atoms with E-state index in [4.69, 9.17) is 0 Å². The summed E-state index contributed by atoms with van der Waals surface area (Å²) in [6, 6.07) is 0. The highest BCUT2D eigenvalue weighted by Gasteiger charge is 2.68. The zero-order chi connectivity index (χ0) is 27.3. The fourth-order valence-electron chi connectivity index (χ4n) is 9.48. The number of allylic oxidation sites excluding steroid dienone is 2. The number of aliphatic carboxylic acids is 1. The molecule has 4 nitrogen and oxygen atoms in total. The molecule has 3 fully saturated rings. The molecule has 0 aliphatic heterocycles. The Morgan fingerprint density at radius 2 is 1.67 bits per heavy atom. The molecule has 2 N–H and O–H groups in total. The molecule has 4 unspecified atom stereocenters. The molecule has 4 heteroatoms. The Hall–Kier alpha value is -1.16. The summed E-state index contributed by atoms with van der Waals surface area (Å²) in [6.45, 7) is 19.9. The minimum absolute atomic E-state index is 0.0101. The molecule has 0 aromatic heterocycles. The molecule has 8 atom stereocenters. The molecule has 0 spiro atoms. The van der Waals surface area contributed by atoms with E-state index in [2.05, 4.69) is 41.5 Å². The van der Waals surface area contributed by atoms with E-state index in [1.807, 2.05) is 26.8 Å². The van der Waals surface area contributed by atoms with Crippen LogP contribution in [0.2, 0.25) is 0 Å². The third-order valence-electron chi connectivity index (χ3n) is 12.1. The van der Waals surface area contributed by atoms with Gasteiger partial charge in [0, 0.05) is 5.92 Å². The van der Waals surface area contributed by atoms with Crippen LogP contribution in [0.4, 0.5) is 0 Å². The molecule has 0 saturated heterocycles. The number of hydrogen-bond acceptors (Lipinski definition) is 3. The Labute approximate surface area is 220 Å². The zero-order valence-electron chi connectivity index (χ0n) is 24.7. The molecule has 206 valence electrons. The molecule has 4 aliphatic rings. The number of ketones is 1. The van der Waals surface area contributed by atoms with Crippen molar-refractivity contribution in [3.05, 3.63) is 11.6 Å². The number of carbonyl (C=O) groups is 2. The first-order valence-corrected chi connectivity index (χ1v) is 14.8. The molecule has 0 amide bonds. The van der Waals surface area contributed by atoms with Gasteiger partial charge in [-0.25, -0.2) is 0 Å². The average Bonchev–Trinajstić information content (AvgIpc) is 2.80. The second kappa shape index (κ2) is 9.86. The predicted molar refractivity (Wildman–Crippen MR) is 147 cm³/mol. The van der Waals surface area contributed by atoms with Gasteiger partial charge in [0.1, 0.15) is 0 Å². The third-order valence-corrected chi connectivity index (χ3v) is 12.1. The van der Waals surface area contributed by atoms with Crippen LogP contribution in [0.1, 0.15) is 127 Å². The van der Waals surface area contributed by atoms with E-state index in [-0.39, 0.29) is 45.0 Å². The highest BCUT2D eigenvalue weighted by molar-refractivity contribution is 5.95. The number of aliphatic hydroxyl groups is 1. The van der Waals surface area contributed by atoms with Crippen LogP contribution in [0.15, 0.2) is 11.6 Å². The maximum Gasteiger partial charge on any atom is 0.306 e. The number of aliphatic hydroxyl groups excluding tert-OH is 1. The van der Waals surface area contributed by atoms with Crippen molar-refractivity contribution >= 4 is 11.8 Å². The van der Waals surface area contributed by atoms with Crippen molar-refractivity contribution in [1.82, 2.24) is 0 Å². The van der Waals surface area contributed by atoms with Crippen molar-refractivity contribution in [3.8, 4) is 0 Å². The monoisotopic (exact) mass is 502 g/mol. The van der Waals surface area contributed by atoms with E-state index < -0.39 is 5.97 Å². The van der Waals surface area contributed by atoms with Crippen LogP contribution in [0.3, 0.4) is 0 Å². The fraction of sp³-hybridized carbons (Fsp3) is 0.875. The van der Waals surface area contributed by atoms with Crippen LogP contribution >= 0.6 is 0 Å². The molecule has 4 aliphatic carbocycles. The second-order valence-corrected chi connectivity index (χ2v) is 14.2. The number of fused-ring (bicyclic) bond motifs is 5. The van der Waals surface area contributed by atoms with Gasteiger partial charge in [-0.3, -0.25) is 9.59 Å². The Bertz CT molecular complexity index is 889. The summed E-state index contributed by atoms with van der Waals surface area (Å²) in [5, 5.41) is 20.3. The van der Waals surface area contributed by atoms with Gasteiger partial charge in [0.2, 0.25) is 0 Å². The Kier molecular flexibility index (Phi) is 8.05. The highest BCUT2D eigenvalue weighted by Crippen LogP contribution is 2.73. The second-order valence-electron chi connectivity index (χ2n) is 14.2. The van der Waals surface area contributed by atoms with Gasteiger partial charge in [-0.05, 0) is 103 Å². The van der Waals surface area contributed by atoms with E-state index in [0.717, 1.165) is 57.8 Å². The minimum atomic E-state index is -0.681. The van der Waals surface area contributed by atoms with Crippen molar-refractivity contribution in [1.29, 1.82) is 0 Å². The fourth-order valence-corrected chi connectivity index (χ4v) is 9.48. The average molecular weight is 503 g/mol. The third kappa shape index (κ3) is 4.31. The molecule has 0 aromatic carbocycles. The summed E-state index contributed by atoms with van der Waals surface area (Å²) >= 11 is 0. The first kappa shape index (κ1) is 29.4. The smallest absolute Gasteiger partial charge is 0.306 e. The Balaban J connectivity index is 0.00000176. The van der Waals surface area contributed by atoms with Crippen LogP contribution < -0.4 is 0 Å². The summed E-state index contributed by atoms with van der Waals surface area (Å²) in [5.41, 5.74) is 1.10. The van der Waals surface area contributed by atoms with Crippen molar-refractivity contribution in [3.63, 3.8) is 0 Å². The zero-order valence-corrected chi connectivity index (χ0v) is 24.7. The maximum atomic E-state index is 14.0. The van der Waals surface area contributed by atoms with E-state index in [9.17, 15) is 19.8 Å². The van der Waals surface area contributed by atoms with E-state index in [1.54, 1.807) is 0 Å². The first-order chi connectivity index (χ1) is 16.6. The van der Waals surface area contributed by atoms with Crippen molar-refractivity contribution in [2.75, 3.05) is 0 Å². The lowest BCUT2D eigenvalue weighted by molar-refractivity contribution is -0.198. The normalized spacial score (nSPS) is 44.1. The van der Waals surface area contributed by atoms with Crippen LogP contribution in [-0.4, -0.2) is 28.1 Å². The summed E-state index contributed by atoms with van der Waals surface area (Å²) in [4.78, 5) is 25.5. The molecule has 0 aromatic rings. The first-order valence-electron chi connectivity index (χ1n) is 14.8. The molecule has 0 heterocycles. The molecular weight excluding hydrogens is 448 g/mol. The van der Waals surface area contributed by atoms with Gasteiger partial charge in [0.15, 0.2) is 5.78 Å². The molecule has 4 rings (SSSR count). The number of carboxylic acids is 1. The minimum Gasteiger partial charge on any atom is -0.481 e. The van der Waals surface area contributed by atoms with Gasteiger partial charge >= 0.3 is 5.97 Å². The van der Waals surface area contributed by atoms with Crippen molar-refractivity contribution in [2.45, 2.75) is 133 Å². The summed E-state index contributed by atoms with van der Waals surface area (Å²) in [7, 11) is 0. The van der Waals surface area contributed by atoms with Crippen molar-refractivity contribution in [2.24, 2.45) is 44.8 Å². The standard InChI is InChI=1S/C30H48O4.C2H6/c1-8-19(25(33)34)9-12-27(4)15-16-29(6)20(18-27)17-21(31)24-28(5)13-11-23(32)26(2,3)22(28)10-14-30(24,29)7;1-2/h17,19,22-24,32H,8-16,18H2,1-7H3,(H,33,34);1-2H3/t19-,22?,23+,24?,27-,28+,29?,30?;/m1./s1. The predicted octanol–water partition coefficient (Wildman–Crippen LogP) is 7.83. The Morgan fingerprint density at radius 3 is 2.25 bits per heavy atom. The van der Waals surface area contributed by atoms with Crippen LogP contribution in [0, 0.1) is 44.8 Å². The summed E-state index contributed by atoms with van der Waals surface area (Å²) in [5.74, 6) is -0.259. The van der Waals surface area contributed by atoms with Gasteiger partial charge in [0.25, 0.3) is 0 Å². The van der Waals surface area contributed by atoms with Gasteiger partial charge in [0.05, 0.1) is 12.0 Å². The maximum absolute atomic E-state index is 14.0. The lowest BCUT2D eigenvalue weighted by atomic mass is 9.35. The van der Waals surface area contributed by atoms with Crippen LogP contribution in [-0.2, 0) is 9.59 Å². The number of carboxylic acid groups (broad SMARTS) is 1. The molecule has 0 bridgehead atoms. The molecular formula is C32H54O4. The summed E-state index contributed by atoms with van der Waals surface area (Å²) in [6.07, 6.45) is 11.0. The largest absolute Gasteiger partial charge is 0.481 e. The van der Waals surface area contributed by atoms with Crippen LogP contribution in [0.25, 0.3) is 0 Å². The molecule has 3 saturated carbocycles. The SMILES string of the molecule is CC.CC[C@H](CC[C@]1(C)CCC2(C)C(=CC(=O)C3C2(C)CCC2C(C)(C)[C@@H](O)CC[C@@]23C)C1)C(=O)O. The number of hydrogen-bond donors (Lipinski definition) is 2. The van der Waals surface area contributed by atoms with E-state index in [0.29, 0.717) is 18.1 Å². The summed E-state index contributed by atoms with van der Waals surface area (Å²) < 4.78 is 0. The van der Waals surface area contributed by atoms with Crippen molar-refractivity contribution < 1.29 is 19.8 Å². The van der Waals surface area contributed by atoms with E-state index in [1.165, 1.54) is 5.57 Å². The van der Waals surface area contributed by atoms with Crippen LogP contribution in [0.5, 0.6) is 0 Å². The van der Waals surface area contributed by atoms with Gasteiger partial charge in [-0.1, -0.05) is 67.9 Å². The highest BCUT2D eigenvalue weighted by atomic mass is 16.4. The van der Waals surface area contributed by atoms with E-state index >= 15 is 0 Å². The quantitative estimate of drug-likeness (QED) is 0.402. The lowest BCUT2D eigenvalue weighted by Gasteiger charge is -2.69. The van der Waals surface area contributed by atoms with Gasteiger partial charge in [-0.2, -0.15) is 0 Å². The van der Waals surface area contributed by atoms with Gasteiger partial charge in [-0.15, -0.1) is 0 Å².